The predicted molar refractivity (Wildman–Crippen MR) is 85.6 cm³/mol. The fraction of sp³-hybridized carbons (Fsp3) is 0.294. The van der Waals surface area contributed by atoms with Gasteiger partial charge in [-0.15, -0.1) is 0 Å². The first kappa shape index (κ1) is 15.5. The van der Waals surface area contributed by atoms with Gasteiger partial charge in [0, 0.05) is 29.3 Å². The van der Waals surface area contributed by atoms with E-state index in [2.05, 4.69) is 15.5 Å². The van der Waals surface area contributed by atoms with E-state index in [4.69, 9.17) is 4.52 Å². The number of hydrogen-bond acceptors (Lipinski definition) is 6. The van der Waals surface area contributed by atoms with Crippen LogP contribution < -0.4 is 5.32 Å². The van der Waals surface area contributed by atoms with Crippen molar-refractivity contribution in [2.24, 2.45) is 5.92 Å². The SMILES string of the molecule is CC(C)C(NC(O)c1ccno1)c1ccc2cccnc2c1O. The zero-order chi connectivity index (χ0) is 16.4. The first-order valence-electron chi connectivity index (χ1n) is 7.49. The van der Waals surface area contributed by atoms with E-state index in [1.807, 2.05) is 38.1 Å². The van der Waals surface area contributed by atoms with Crippen LogP contribution in [0.15, 0.2) is 47.2 Å². The van der Waals surface area contributed by atoms with E-state index in [-0.39, 0.29) is 17.7 Å². The third-order valence-corrected chi connectivity index (χ3v) is 3.85. The smallest absolute Gasteiger partial charge is 0.180 e. The molecule has 3 N–H and O–H groups in total. The highest BCUT2D eigenvalue weighted by Gasteiger charge is 2.24. The van der Waals surface area contributed by atoms with E-state index in [1.165, 1.54) is 6.20 Å². The maximum Gasteiger partial charge on any atom is 0.180 e. The number of nitrogens with zero attached hydrogens (tertiary/aromatic N) is 2. The monoisotopic (exact) mass is 313 g/mol. The van der Waals surface area contributed by atoms with Crippen molar-refractivity contribution in [1.82, 2.24) is 15.5 Å². The Morgan fingerprint density at radius 3 is 2.65 bits per heavy atom. The van der Waals surface area contributed by atoms with Crippen LogP contribution in [0.5, 0.6) is 5.75 Å². The van der Waals surface area contributed by atoms with Gasteiger partial charge >= 0.3 is 0 Å². The van der Waals surface area contributed by atoms with Crippen LogP contribution in [0.25, 0.3) is 10.9 Å². The van der Waals surface area contributed by atoms with E-state index in [1.54, 1.807) is 12.3 Å². The van der Waals surface area contributed by atoms with Crippen molar-refractivity contribution in [1.29, 1.82) is 0 Å². The summed E-state index contributed by atoms with van der Waals surface area (Å²) in [5, 5.41) is 28.4. The summed E-state index contributed by atoms with van der Waals surface area (Å²) in [6.07, 6.45) is 2.11. The molecule has 1 aromatic carbocycles. The fourth-order valence-corrected chi connectivity index (χ4v) is 2.66. The summed E-state index contributed by atoms with van der Waals surface area (Å²) in [5.74, 6) is 0.577. The number of phenols is 1. The minimum absolute atomic E-state index is 0.124. The van der Waals surface area contributed by atoms with Crippen molar-refractivity contribution in [3.05, 3.63) is 54.0 Å². The summed E-state index contributed by atoms with van der Waals surface area (Å²) in [6.45, 7) is 4.01. The average Bonchev–Trinajstić information content (AvgIpc) is 3.08. The molecule has 3 rings (SSSR count). The first-order valence-corrected chi connectivity index (χ1v) is 7.49. The first-order chi connectivity index (χ1) is 11.1. The fourth-order valence-electron chi connectivity index (χ4n) is 2.66. The number of phenolic OH excluding ortho intramolecular Hbond substituents is 1. The molecule has 2 aromatic heterocycles. The summed E-state index contributed by atoms with van der Waals surface area (Å²) in [7, 11) is 0. The van der Waals surface area contributed by atoms with Gasteiger partial charge in [-0.2, -0.15) is 0 Å². The summed E-state index contributed by atoms with van der Waals surface area (Å²) in [6, 6.07) is 8.80. The number of pyridine rings is 1. The lowest BCUT2D eigenvalue weighted by Crippen LogP contribution is -2.29. The van der Waals surface area contributed by atoms with Crippen molar-refractivity contribution in [3.63, 3.8) is 0 Å². The quantitative estimate of drug-likeness (QED) is 0.627. The van der Waals surface area contributed by atoms with Crippen LogP contribution in [-0.2, 0) is 0 Å². The van der Waals surface area contributed by atoms with Gasteiger partial charge in [-0.05, 0) is 12.0 Å². The number of aromatic hydroxyl groups is 1. The number of aromatic nitrogens is 2. The molecule has 0 saturated heterocycles. The molecule has 120 valence electrons. The van der Waals surface area contributed by atoms with Gasteiger partial charge in [0.1, 0.15) is 11.3 Å². The van der Waals surface area contributed by atoms with Gasteiger partial charge in [-0.1, -0.05) is 37.2 Å². The van der Waals surface area contributed by atoms with Crippen molar-refractivity contribution in [2.45, 2.75) is 26.1 Å². The second-order valence-corrected chi connectivity index (χ2v) is 5.78. The number of aliphatic hydroxyl groups excluding tert-OH is 1. The summed E-state index contributed by atoms with van der Waals surface area (Å²) >= 11 is 0. The topological polar surface area (TPSA) is 91.4 Å². The molecule has 0 bridgehead atoms. The normalized spacial score (nSPS) is 14.3. The lowest BCUT2D eigenvalue weighted by molar-refractivity contribution is 0.0835. The van der Waals surface area contributed by atoms with E-state index in [0.29, 0.717) is 16.8 Å². The maximum absolute atomic E-state index is 10.6. The average molecular weight is 313 g/mol. The van der Waals surface area contributed by atoms with Crippen LogP contribution in [0, 0.1) is 5.92 Å². The summed E-state index contributed by atoms with van der Waals surface area (Å²) in [5.41, 5.74) is 1.23. The van der Waals surface area contributed by atoms with Crippen molar-refractivity contribution >= 4 is 10.9 Å². The zero-order valence-corrected chi connectivity index (χ0v) is 13.0. The number of rotatable bonds is 5. The van der Waals surface area contributed by atoms with Gasteiger partial charge in [0.15, 0.2) is 12.0 Å². The molecule has 0 saturated carbocycles. The predicted octanol–water partition coefficient (Wildman–Crippen LogP) is 2.91. The molecule has 0 spiro atoms. The van der Waals surface area contributed by atoms with Crippen LogP contribution in [-0.4, -0.2) is 20.4 Å². The second-order valence-electron chi connectivity index (χ2n) is 5.78. The highest BCUT2D eigenvalue weighted by molar-refractivity contribution is 5.85. The molecule has 23 heavy (non-hydrogen) atoms. The van der Waals surface area contributed by atoms with Gasteiger partial charge in [0.25, 0.3) is 0 Å². The number of aliphatic hydroxyl groups is 1. The molecule has 2 heterocycles. The lowest BCUT2D eigenvalue weighted by atomic mass is 9.93. The summed E-state index contributed by atoms with van der Waals surface area (Å²) in [4.78, 5) is 4.24. The molecule has 2 atom stereocenters. The molecular weight excluding hydrogens is 294 g/mol. The third kappa shape index (κ3) is 3.04. The Balaban J connectivity index is 1.96. The minimum atomic E-state index is -1.01. The molecule has 6 nitrogen and oxygen atoms in total. The highest BCUT2D eigenvalue weighted by Crippen LogP contribution is 2.35. The van der Waals surface area contributed by atoms with E-state index in [0.717, 1.165) is 5.39 Å². The standard InChI is InChI=1S/C17H19N3O3/c1-10(2)14(20-17(22)13-7-9-19-23-13)12-6-5-11-4-3-8-18-15(11)16(12)21/h3-10,14,17,20-22H,1-2H3. The molecule has 0 aliphatic rings. The molecule has 0 aliphatic carbocycles. The van der Waals surface area contributed by atoms with Crippen LogP contribution >= 0.6 is 0 Å². The Morgan fingerprint density at radius 2 is 1.96 bits per heavy atom. The van der Waals surface area contributed by atoms with Crippen LogP contribution in [0.4, 0.5) is 0 Å². The van der Waals surface area contributed by atoms with Gasteiger partial charge in [-0.3, -0.25) is 10.3 Å². The lowest BCUT2D eigenvalue weighted by Gasteiger charge is -2.26. The molecule has 0 fully saturated rings. The number of hydrogen-bond donors (Lipinski definition) is 3. The number of benzene rings is 1. The molecule has 6 heteroatoms. The van der Waals surface area contributed by atoms with E-state index in [9.17, 15) is 10.2 Å². The van der Waals surface area contributed by atoms with Crippen molar-refractivity contribution in [3.8, 4) is 5.75 Å². The van der Waals surface area contributed by atoms with Crippen LogP contribution in [0.2, 0.25) is 0 Å². The molecule has 0 aliphatic heterocycles. The molecule has 2 unspecified atom stereocenters. The number of nitrogens with one attached hydrogen (secondary N) is 1. The minimum Gasteiger partial charge on any atom is -0.505 e. The Bertz CT molecular complexity index is 787. The molecular formula is C17H19N3O3. The van der Waals surface area contributed by atoms with Crippen LogP contribution in [0.3, 0.4) is 0 Å². The van der Waals surface area contributed by atoms with Crippen molar-refractivity contribution in [2.75, 3.05) is 0 Å². The summed E-state index contributed by atoms with van der Waals surface area (Å²) < 4.78 is 4.97. The largest absolute Gasteiger partial charge is 0.505 e. The molecule has 0 amide bonds. The Morgan fingerprint density at radius 1 is 1.13 bits per heavy atom. The van der Waals surface area contributed by atoms with Crippen molar-refractivity contribution < 1.29 is 14.7 Å². The molecule has 0 radical (unpaired) electrons. The van der Waals surface area contributed by atoms with Gasteiger partial charge in [-0.25, -0.2) is 0 Å². The zero-order valence-electron chi connectivity index (χ0n) is 13.0. The van der Waals surface area contributed by atoms with Gasteiger partial charge in [0.2, 0.25) is 0 Å². The second kappa shape index (κ2) is 6.36. The Hall–Kier alpha value is -2.44. The van der Waals surface area contributed by atoms with E-state index >= 15 is 0 Å². The molecule has 3 aromatic rings. The van der Waals surface area contributed by atoms with Gasteiger partial charge < -0.3 is 14.7 Å². The Labute approximate surface area is 133 Å². The number of fused-ring (bicyclic) bond motifs is 1. The third-order valence-electron chi connectivity index (χ3n) is 3.85. The highest BCUT2D eigenvalue weighted by atomic mass is 16.5. The maximum atomic E-state index is 10.6. The van der Waals surface area contributed by atoms with E-state index < -0.39 is 6.23 Å². The van der Waals surface area contributed by atoms with Gasteiger partial charge in [0.05, 0.1) is 6.20 Å². The van der Waals surface area contributed by atoms with Crippen LogP contribution in [0.1, 0.15) is 37.4 Å². The Kier molecular flexibility index (Phi) is 4.27.